The quantitative estimate of drug-likeness (QED) is 0.626. The molecule has 1 aliphatic carbocycles. The Morgan fingerprint density at radius 3 is 2.62 bits per heavy atom. The van der Waals surface area contributed by atoms with E-state index in [1.807, 2.05) is 0 Å². The van der Waals surface area contributed by atoms with Crippen LogP contribution in [0.2, 0.25) is 0 Å². The summed E-state index contributed by atoms with van der Waals surface area (Å²) in [6, 6.07) is 0. The number of likely N-dealkylation sites (tertiary alicyclic amines) is 1. The highest BCUT2D eigenvalue weighted by Crippen LogP contribution is 2.18. The van der Waals surface area contributed by atoms with Crippen LogP contribution in [0.25, 0.3) is 0 Å². The lowest BCUT2D eigenvalue weighted by Gasteiger charge is -2.12. The first kappa shape index (κ1) is 8.86. The average Bonchev–Trinajstić information content (AvgIpc) is 2.69. The fraction of sp³-hybridized carbons (Fsp3) is 0.667. The molecule has 1 fully saturated rings. The maximum atomic E-state index is 2.44. The van der Waals surface area contributed by atoms with Crippen LogP contribution < -0.4 is 0 Å². The zero-order valence-corrected chi connectivity index (χ0v) is 8.34. The molecule has 1 heteroatoms. The number of nitrogens with zero attached hydrogens (tertiary/aromatic N) is 1. The van der Waals surface area contributed by atoms with Gasteiger partial charge in [0.15, 0.2) is 0 Å². The zero-order chi connectivity index (χ0) is 8.93. The van der Waals surface area contributed by atoms with Gasteiger partial charge in [0.2, 0.25) is 0 Å². The summed E-state index contributed by atoms with van der Waals surface area (Å²) in [5.41, 5.74) is 1.55. The lowest BCUT2D eigenvalue weighted by atomic mass is 10.00. The highest BCUT2D eigenvalue weighted by molar-refractivity contribution is 5.19. The molecule has 0 saturated carbocycles. The molecule has 2 rings (SSSR count). The highest BCUT2D eigenvalue weighted by Gasteiger charge is 2.06. The van der Waals surface area contributed by atoms with E-state index in [1.54, 1.807) is 5.57 Å². The highest BCUT2D eigenvalue weighted by atomic mass is 15.1. The fourth-order valence-corrected chi connectivity index (χ4v) is 2.11. The van der Waals surface area contributed by atoms with Crippen molar-refractivity contribution in [3.05, 3.63) is 23.9 Å². The molecule has 72 valence electrons. The van der Waals surface area contributed by atoms with E-state index < -0.39 is 0 Å². The molecule has 0 aromatic rings. The van der Waals surface area contributed by atoms with Gasteiger partial charge in [-0.2, -0.15) is 0 Å². The van der Waals surface area contributed by atoms with E-state index in [-0.39, 0.29) is 0 Å². The fourth-order valence-electron chi connectivity index (χ4n) is 2.11. The third-order valence-corrected chi connectivity index (χ3v) is 2.97. The minimum absolute atomic E-state index is 1.27. The van der Waals surface area contributed by atoms with Gasteiger partial charge in [-0.15, -0.1) is 0 Å². The van der Waals surface area contributed by atoms with Crippen LogP contribution in [-0.4, -0.2) is 18.0 Å². The summed E-state index contributed by atoms with van der Waals surface area (Å²) >= 11 is 0. The first-order valence-electron chi connectivity index (χ1n) is 5.56. The Morgan fingerprint density at radius 2 is 1.92 bits per heavy atom. The number of hydrogen-bond donors (Lipinski definition) is 0. The summed E-state index contributed by atoms with van der Waals surface area (Å²) in [6.07, 6.45) is 15.1. The molecule has 0 bridgehead atoms. The van der Waals surface area contributed by atoms with Crippen molar-refractivity contribution in [3.63, 3.8) is 0 Å². The van der Waals surface area contributed by atoms with Crippen molar-refractivity contribution in [2.24, 2.45) is 0 Å². The Kier molecular flexibility index (Phi) is 3.07. The van der Waals surface area contributed by atoms with Crippen molar-refractivity contribution < 1.29 is 0 Å². The molecule has 2 aliphatic rings. The van der Waals surface area contributed by atoms with Crippen molar-refractivity contribution in [2.75, 3.05) is 13.1 Å². The molecule has 0 aromatic heterocycles. The molecule has 0 N–H and O–H groups in total. The summed E-state index contributed by atoms with van der Waals surface area (Å²) < 4.78 is 0. The maximum absolute atomic E-state index is 2.44. The average molecular weight is 177 g/mol. The van der Waals surface area contributed by atoms with E-state index in [0.29, 0.717) is 0 Å². The Morgan fingerprint density at radius 1 is 1.08 bits per heavy atom. The zero-order valence-electron chi connectivity index (χ0n) is 8.34. The van der Waals surface area contributed by atoms with Crippen molar-refractivity contribution in [2.45, 2.75) is 38.5 Å². The van der Waals surface area contributed by atoms with E-state index >= 15 is 0 Å². The Labute approximate surface area is 81.1 Å². The SMILES string of the molecule is C1=C(/C=C/N2CCCC2)CCCC1. The summed E-state index contributed by atoms with van der Waals surface area (Å²) in [5, 5.41) is 0. The molecule has 1 saturated heterocycles. The van der Waals surface area contributed by atoms with Gasteiger partial charge in [0, 0.05) is 13.1 Å². The van der Waals surface area contributed by atoms with Crippen LogP contribution >= 0.6 is 0 Å². The predicted octanol–water partition coefficient (Wildman–Crippen LogP) is 3.10. The molecule has 0 atom stereocenters. The number of allylic oxidation sites excluding steroid dienone is 3. The van der Waals surface area contributed by atoms with Gasteiger partial charge in [-0.25, -0.2) is 0 Å². The molecule has 1 nitrogen and oxygen atoms in total. The van der Waals surface area contributed by atoms with Crippen molar-refractivity contribution >= 4 is 0 Å². The third kappa shape index (κ3) is 2.61. The standard InChI is InChI=1S/C12H19N/c1-2-6-12(7-3-1)8-11-13-9-4-5-10-13/h6,8,11H,1-5,7,9-10H2/b11-8+. The third-order valence-electron chi connectivity index (χ3n) is 2.97. The van der Waals surface area contributed by atoms with Gasteiger partial charge in [-0.05, 0) is 50.8 Å². The van der Waals surface area contributed by atoms with E-state index in [4.69, 9.17) is 0 Å². The topological polar surface area (TPSA) is 3.24 Å². The second-order valence-electron chi connectivity index (χ2n) is 4.08. The molecule has 0 unspecified atom stereocenters. The smallest absolute Gasteiger partial charge is 0.0173 e. The van der Waals surface area contributed by atoms with Gasteiger partial charge in [-0.3, -0.25) is 0 Å². The maximum Gasteiger partial charge on any atom is 0.0173 e. The van der Waals surface area contributed by atoms with Crippen LogP contribution in [0.3, 0.4) is 0 Å². The lowest BCUT2D eigenvalue weighted by molar-refractivity contribution is 0.467. The Hall–Kier alpha value is -0.720. The molecule has 0 amide bonds. The molecule has 0 aromatic carbocycles. The van der Waals surface area contributed by atoms with E-state index in [9.17, 15) is 0 Å². The van der Waals surface area contributed by atoms with Crippen molar-refractivity contribution in [1.29, 1.82) is 0 Å². The van der Waals surface area contributed by atoms with E-state index in [0.717, 1.165) is 0 Å². The second kappa shape index (κ2) is 4.50. The molecular formula is C12H19N. The van der Waals surface area contributed by atoms with Gasteiger partial charge < -0.3 is 4.90 Å². The van der Waals surface area contributed by atoms with Crippen LogP contribution in [-0.2, 0) is 0 Å². The van der Waals surface area contributed by atoms with Crippen molar-refractivity contribution in [3.8, 4) is 0 Å². The minimum Gasteiger partial charge on any atom is -0.377 e. The Bertz CT molecular complexity index is 209. The molecule has 1 heterocycles. The monoisotopic (exact) mass is 177 g/mol. The summed E-state index contributed by atoms with van der Waals surface area (Å²) in [7, 11) is 0. The normalized spacial score (nSPS) is 24.0. The summed E-state index contributed by atoms with van der Waals surface area (Å²) in [4.78, 5) is 2.44. The molecule has 13 heavy (non-hydrogen) atoms. The van der Waals surface area contributed by atoms with Gasteiger partial charge in [0.05, 0.1) is 0 Å². The molecule has 1 aliphatic heterocycles. The predicted molar refractivity (Wildman–Crippen MR) is 56.5 cm³/mol. The van der Waals surface area contributed by atoms with Crippen LogP contribution in [0.4, 0.5) is 0 Å². The lowest BCUT2D eigenvalue weighted by Crippen LogP contribution is -2.10. The summed E-state index contributed by atoms with van der Waals surface area (Å²) in [6.45, 7) is 2.54. The van der Waals surface area contributed by atoms with Crippen LogP contribution in [0.15, 0.2) is 23.9 Å². The van der Waals surface area contributed by atoms with Gasteiger partial charge >= 0.3 is 0 Å². The van der Waals surface area contributed by atoms with Gasteiger partial charge in [0.25, 0.3) is 0 Å². The molecule has 0 spiro atoms. The number of hydrogen-bond acceptors (Lipinski definition) is 1. The first-order chi connectivity index (χ1) is 6.45. The van der Waals surface area contributed by atoms with E-state index in [2.05, 4.69) is 23.3 Å². The second-order valence-corrected chi connectivity index (χ2v) is 4.08. The van der Waals surface area contributed by atoms with Gasteiger partial charge in [-0.1, -0.05) is 11.6 Å². The minimum atomic E-state index is 1.27. The number of rotatable bonds is 2. The summed E-state index contributed by atoms with van der Waals surface area (Å²) in [5.74, 6) is 0. The first-order valence-corrected chi connectivity index (χ1v) is 5.56. The largest absolute Gasteiger partial charge is 0.377 e. The Balaban J connectivity index is 1.84. The molecular weight excluding hydrogens is 158 g/mol. The molecule has 0 radical (unpaired) electrons. The van der Waals surface area contributed by atoms with Crippen LogP contribution in [0, 0.1) is 0 Å². The van der Waals surface area contributed by atoms with E-state index in [1.165, 1.54) is 51.6 Å². The van der Waals surface area contributed by atoms with Crippen LogP contribution in [0.1, 0.15) is 38.5 Å². The van der Waals surface area contributed by atoms with Crippen molar-refractivity contribution in [1.82, 2.24) is 4.90 Å². The van der Waals surface area contributed by atoms with Crippen LogP contribution in [0.5, 0.6) is 0 Å². The van der Waals surface area contributed by atoms with Gasteiger partial charge in [0.1, 0.15) is 0 Å².